The monoisotopic (exact) mass is 261 g/mol. The Labute approximate surface area is 110 Å². The minimum Gasteiger partial charge on any atom is -0.364 e. The average molecular weight is 261 g/mol. The van der Waals surface area contributed by atoms with Crippen LogP contribution in [0.3, 0.4) is 0 Å². The zero-order valence-electron chi connectivity index (χ0n) is 10.9. The topological polar surface area (TPSA) is 72.4 Å². The maximum atomic E-state index is 12.5. The number of carbonyl (C=O) groups is 1. The molecular formula is C13H15N3O3. The molecule has 3 heterocycles. The van der Waals surface area contributed by atoms with Gasteiger partial charge in [0.25, 0.3) is 5.91 Å². The standard InChI is InChI=1S/C13H15N3O3/c1-8-6-12(19-14-8)11-4-3-5-16(11)13(17)10-7-18-15-9(10)2/h6-7,11H,3-5H2,1-2H3. The molecule has 0 N–H and O–H groups in total. The summed E-state index contributed by atoms with van der Waals surface area (Å²) in [6.07, 6.45) is 3.25. The molecule has 0 bridgehead atoms. The molecule has 0 spiro atoms. The molecule has 1 aliphatic heterocycles. The van der Waals surface area contributed by atoms with Crippen molar-refractivity contribution in [3.63, 3.8) is 0 Å². The van der Waals surface area contributed by atoms with E-state index in [4.69, 9.17) is 9.05 Å². The summed E-state index contributed by atoms with van der Waals surface area (Å²) < 4.78 is 10.1. The lowest BCUT2D eigenvalue weighted by molar-refractivity contribution is 0.0713. The van der Waals surface area contributed by atoms with Crippen LogP contribution >= 0.6 is 0 Å². The van der Waals surface area contributed by atoms with Crippen LogP contribution in [0, 0.1) is 13.8 Å². The Morgan fingerprint density at radius 3 is 2.89 bits per heavy atom. The first-order chi connectivity index (χ1) is 9.16. The first kappa shape index (κ1) is 12.0. The van der Waals surface area contributed by atoms with Crippen molar-refractivity contribution < 1.29 is 13.8 Å². The van der Waals surface area contributed by atoms with Gasteiger partial charge in [0.05, 0.1) is 17.4 Å². The number of hydrogen-bond donors (Lipinski definition) is 0. The Kier molecular flexibility index (Phi) is 2.85. The lowest BCUT2D eigenvalue weighted by atomic mass is 10.1. The molecule has 2 aromatic rings. The number of rotatable bonds is 2. The highest BCUT2D eigenvalue weighted by molar-refractivity contribution is 5.95. The van der Waals surface area contributed by atoms with E-state index < -0.39 is 0 Å². The second-order valence-corrected chi connectivity index (χ2v) is 4.84. The highest BCUT2D eigenvalue weighted by atomic mass is 16.5. The molecule has 1 unspecified atom stereocenters. The summed E-state index contributed by atoms with van der Waals surface area (Å²) in [5.41, 5.74) is 1.96. The fraction of sp³-hybridized carbons (Fsp3) is 0.462. The van der Waals surface area contributed by atoms with Gasteiger partial charge in [-0.3, -0.25) is 4.79 Å². The fourth-order valence-electron chi connectivity index (χ4n) is 2.50. The highest BCUT2D eigenvalue weighted by Gasteiger charge is 2.34. The molecule has 1 amide bonds. The minimum absolute atomic E-state index is 0.0389. The quantitative estimate of drug-likeness (QED) is 0.829. The molecular weight excluding hydrogens is 246 g/mol. The molecule has 1 fully saturated rings. The van der Waals surface area contributed by atoms with E-state index in [1.54, 1.807) is 11.8 Å². The fourth-order valence-corrected chi connectivity index (χ4v) is 2.50. The van der Waals surface area contributed by atoms with E-state index in [9.17, 15) is 4.79 Å². The average Bonchev–Trinajstić information content (AvgIpc) is 3.07. The molecule has 0 aliphatic carbocycles. The summed E-state index contributed by atoms with van der Waals surface area (Å²) in [4.78, 5) is 14.3. The maximum absolute atomic E-state index is 12.5. The largest absolute Gasteiger partial charge is 0.364 e. The van der Waals surface area contributed by atoms with Crippen molar-refractivity contribution >= 4 is 5.91 Å². The lowest BCUT2D eigenvalue weighted by Gasteiger charge is -2.22. The first-order valence-electron chi connectivity index (χ1n) is 6.32. The van der Waals surface area contributed by atoms with Gasteiger partial charge in [0.2, 0.25) is 0 Å². The van der Waals surface area contributed by atoms with Gasteiger partial charge >= 0.3 is 0 Å². The molecule has 1 aliphatic rings. The van der Waals surface area contributed by atoms with E-state index in [0.29, 0.717) is 17.8 Å². The molecule has 19 heavy (non-hydrogen) atoms. The molecule has 1 saturated heterocycles. The number of amides is 1. The zero-order valence-corrected chi connectivity index (χ0v) is 10.9. The van der Waals surface area contributed by atoms with Crippen LogP contribution in [0.2, 0.25) is 0 Å². The summed E-state index contributed by atoms with van der Waals surface area (Å²) in [5.74, 6) is 0.688. The van der Waals surface area contributed by atoms with E-state index in [1.165, 1.54) is 6.26 Å². The van der Waals surface area contributed by atoms with Gasteiger partial charge in [-0.05, 0) is 26.7 Å². The van der Waals surface area contributed by atoms with Gasteiger partial charge in [0.15, 0.2) is 5.76 Å². The Morgan fingerprint density at radius 1 is 1.42 bits per heavy atom. The molecule has 100 valence electrons. The maximum Gasteiger partial charge on any atom is 0.259 e. The van der Waals surface area contributed by atoms with Crippen LogP contribution < -0.4 is 0 Å². The number of likely N-dealkylation sites (tertiary alicyclic amines) is 1. The highest BCUT2D eigenvalue weighted by Crippen LogP contribution is 2.33. The van der Waals surface area contributed by atoms with E-state index in [-0.39, 0.29) is 11.9 Å². The van der Waals surface area contributed by atoms with Crippen LogP contribution in [0.5, 0.6) is 0 Å². The molecule has 0 saturated carbocycles. The minimum atomic E-state index is -0.0599. The van der Waals surface area contributed by atoms with E-state index in [2.05, 4.69) is 10.3 Å². The predicted molar refractivity (Wildman–Crippen MR) is 65.5 cm³/mol. The van der Waals surface area contributed by atoms with Crippen LogP contribution in [0.1, 0.15) is 46.4 Å². The zero-order chi connectivity index (χ0) is 13.4. The molecule has 1 atom stereocenters. The summed E-state index contributed by atoms with van der Waals surface area (Å²) in [5, 5.41) is 7.64. The number of aryl methyl sites for hydroxylation is 2. The van der Waals surface area contributed by atoms with Gasteiger partial charge in [0.1, 0.15) is 11.8 Å². The Balaban J connectivity index is 1.88. The SMILES string of the molecule is Cc1cc(C2CCCN2C(=O)c2conc2C)on1. The van der Waals surface area contributed by atoms with Crippen LogP contribution in [0.15, 0.2) is 21.4 Å². The summed E-state index contributed by atoms with van der Waals surface area (Å²) in [6.45, 7) is 4.35. The lowest BCUT2D eigenvalue weighted by Crippen LogP contribution is -2.30. The van der Waals surface area contributed by atoms with Gasteiger partial charge in [-0.2, -0.15) is 0 Å². The number of carbonyl (C=O) groups excluding carboxylic acids is 1. The number of nitrogens with zero attached hydrogens (tertiary/aromatic N) is 3. The predicted octanol–water partition coefficient (Wildman–Crippen LogP) is 2.26. The molecule has 6 nitrogen and oxygen atoms in total. The molecule has 6 heteroatoms. The molecule has 2 aromatic heterocycles. The number of hydrogen-bond acceptors (Lipinski definition) is 5. The Morgan fingerprint density at radius 2 is 2.26 bits per heavy atom. The van der Waals surface area contributed by atoms with Crippen LogP contribution in [0.4, 0.5) is 0 Å². The van der Waals surface area contributed by atoms with Crippen LogP contribution in [0.25, 0.3) is 0 Å². The van der Waals surface area contributed by atoms with Crippen LogP contribution in [-0.4, -0.2) is 27.7 Å². The van der Waals surface area contributed by atoms with Crippen molar-refractivity contribution in [3.05, 3.63) is 35.0 Å². The Bertz CT molecular complexity index is 602. The summed E-state index contributed by atoms with van der Waals surface area (Å²) in [7, 11) is 0. The third-order valence-corrected chi connectivity index (χ3v) is 3.47. The smallest absolute Gasteiger partial charge is 0.259 e. The van der Waals surface area contributed by atoms with Gasteiger partial charge in [-0.1, -0.05) is 10.3 Å². The van der Waals surface area contributed by atoms with Crippen molar-refractivity contribution in [2.45, 2.75) is 32.7 Å². The van der Waals surface area contributed by atoms with Crippen molar-refractivity contribution in [1.82, 2.24) is 15.2 Å². The second-order valence-electron chi connectivity index (χ2n) is 4.84. The van der Waals surface area contributed by atoms with Crippen LogP contribution in [-0.2, 0) is 0 Å². The van der Waals surface area contributed by atoms with Crippen molar-refractivity contribution in [2.75, 3.05) is 6.54 Å². The Hall–Kier alpha value is -2.11. The molecule has 0 radical (unpaired) electrons. The molecule has 0 aromatic carbocycles. The normalized spacial score (nSPS) is 19.1. The third-order valence-electron chi connectivity index (χ3n) is 3.47. The molecule has 3 rings (SSSR count). The van der Waals surface area contributed by atoms with E-state index >= 15 is 0 Å². The van der Waals surface area contributed by atoms with E-state index in [0.717, 1.165) is 24.3 Å². The first-order valence-corrected chi connectivity index (χ1v) is 6.32. The van der Waals surface area contributed by atoms with E-state index in [1.807, 2.05) is 13.0 Å². The van der Waals surface area contributed by atoms with Gasteiger partial charge in [-0.25, -0.2) is 0 Å². The van der Waals surface area contributed by atoms with Crippen molar-refractivity contribution in [3.8, 4) is 0 Å². The second kappa shape index (κ2) is 4.53. The van der Waals surface area contributed by atoms with Crippen molar-refractivity contribution in [1.29, 1.82) is 0 Å². The summed E-state index contributed by atoms with van der Waals surface area (Å²) >= 11 is 0. The van der Waals surface area contributed by atoms with Gasteiger partial charge < -0.3 is 13.9 Å². The van der Waals surface area contributed by atoms with Gasteiger partial charge in [-0.15, -0.1) is 0 Å². The number of aromatic nitrogens is 2. The summed E-state index contributed by atoms with van der Waals surface area (Å²) in [6, 6.07) is 1.85. The van der Waals surface area contributed by atoms with Gasteiger partial charge in [0, 0.05) is 12.6 Å². The van der Waals surface area contributed by atoms with Crippen molar-refractivity contribution in [2.24, 2.45) is 0 Å². The third kappa shape index (κ3) is 2.03.